The Hall–Kier alpha value is -3.23. The standard InChI is InChI=1S/C25H29ClN2O6/c1-5-27(6-2)10-11-28-22(15-8-7-9-16(29)12-15)21(24(31)25(28)32)23(30)17-13-18(26)20(34-4)14-19(17)33-3/h7-9,12-14,22,29-30H,5-6,10-11H2,1-4H3/b23-21+. The van der Waals surface area contributed by atoms with Crippen LogP contribution in [0.1, 0.15) is 31.0 Å². The van der Waals surface area contributed by atoms with Crippen molar-refractivity contribution in [1.29, 1.82) is 0 Å². The molecule has 1 heterocycles. The fourth-order valence-corrected chi connectivity index (χ4v) is 4.37. The summed E-state index contributed by atoms with van der Waals surface area (Å²) in [6.45, 7) is 6.43. The van der Waals surface area contributed by atoms with E-state index in [0.29, 0.717) is 17.9 Å². The zero-order valence-corrected chi connectivity index (χ0v) is 20.4. The number of carbonyl (C=O) groups excluding carboxylic acids is 2. The number of aliphatic hydroxyl groups is 1. The van der Waals surface area contributed by atoms with E-state index in [1.54, 1.807) is 12.1 Å². The number of ketones is 1. The Morgan fingerprint density at radius 1 is 1.09 bits per heavy atom. The Balaban J connectivity index is 2.19. The number of benzene rings is 2. The molecule has 1 amide bonds. The molecule has 0 radical (unpaired) electrons. The molecule has 2 aromatic carbocycles. The first kappa shape index (κ1) is 25.4. The summed E-state index contributed by atoms with van der Waals surface area (Å²) in [5, 5.41) is 21.6. The monoisotopic (exact) mass is 488 g/mol. The van der Waals surface area contributed by atoms with Gasteiger partial charge in [-0.2, -0.15) is 0 Å². The molecule has 0 aliphatic carbocycles. The van der Waals surface area contributed by atoms with E-state index in [4.69, 9.17) is 21.1 Å². The van der Waals surface area contributed by atoms with Gasteiger partial charge in [-0.1, -0.05) is 37.6 Å². The Kier molecular flexibility index (Phi) is 8.06. The van der Waals surface area contributed by atoms with E-state index >= 15 is 0 Å². The molecule has 0 aromatic heterocycles. The van der Waals surface area contributed by atoms with Gasteiger partial charge in [0.1, 0.15) is 23.0 Å². The second-order valence-electron chi connectivity index (χ2n) is 7.80. The predicted octanol–water partition coefficient (Wildman–Crippen LogP) is 3.83. The maximum absolute atomic E-state index is 13.2. The van der Waals surface area contributed by atoms with Crippen molar-refractivity contribution in [2.24, 2.45) is 0 Å². The molecular formula is C25H29ClN2O6. The number of nitrogens with zero attached hydrogens (tertiary/aromatic N) is 2. The number of phenolic OH excluding ortho intramolecular Hbond substituents is 1. The Morgan fingerprint density at radius 3 is 2.35 bits per heavy atom. The quantitative estimate of drug-likeness (QED) is 0.314. The first-order valence-electron chi connectivity index (χ1n) is 11.0. The maximum atomic E-state index is 13.2. The minimum Gasteiger partial charge on any atom is -0.508 e. The van der Waals surface area contributed by atoms with Gasteiger partial charge in [0.05, 0.1) is 36.4 Å². The molecule has 34 heavy (non-hydrogen) atoms. The van der Waals surface area contributed by atoms with E-state index in [1.807, 2.05) is 13.8 Å². The summed E-state index contributed by atoms with van der Waals surface area (Å²) in [6.07, 6.45) is 0. The average molecular weight is 489 g/mol. The number of likely N-dealkylation sites (tertiary alicyclic amines) is 1. The molecule has 1 unspecified atom stereocenters. The summed E-state index contributed by atoms with van der Waals surface area (Å²) in [4.78, 5) is 29.9. The number of hydrogen-bond donors (Lipinski definition) is 2. The maximum Gasteiger partial charge on any atom is 0.295 e. The number of halogens is 1. The summed E-state index contributed by atoms with van der Waals surface area (Å²) < 4.78 is 10.6. The normalized spacial score (nSPS) is 17.5. The minimum absolute atomic E-state index is 0.0168. The van der Waals surface area contributed by atoms with E-state index < -0.39 is 23.5 Å². The number of likely N-dealkylation sites (N-methyl/N-ethyl adjacent to an activating group) is 1. The van der Waals surface area contributed by atoms with Gasteiger partial charge < -0.3 is 29.5 Å². The molecule has 1 atom stereocenters. The van der Waals surface area contributed by atoms with Gasteiger partial charge in [-0.05, 0) is 36.9 Å². The van der Waals surface area contributed by atoms with Crippen molar-refractivity contribution in [3.8, 4) is 17.2 Å². The zero-order chi connectivity index (χ0) is 25.0. The molecule has 1 fully saturated rings. The van der Waals surface area contributed by atoms with Crippen molar-refractivity contribution in [2.75, 3.05) is 40.4 Å². The van der Waals surface area contributed by atoms with Crippen LogP contribution in [0.5, 0.6) is 17.2 Å². The van der Waals surface area contributed by atoms with Gasteiger partial charge in [-0.3, -0.25) is 9.59 Å². The molecule has 1 saturated heterocycles. The van der Waals surface area contributed by atoms with Crippen LogP contribution in [0.2, 0.25) is 5.02 Å². The lowest BCUT2D eigenvalue weighted by molar-refractivity contribution is -0.140. The number of Topliss-reactive ketones (excluding diaryl/α,β-unsaturated/α-hetero) is 1. The third-order valence-corrected chi connectivity index (χ3v) is 6.30. The number of carbonyl (C=O) groups is 2. The third kappa shape index (κ3) is 4.83. The van der Waals surface area contributed by atoms with Gasteiger partial charge >= 0.3 is 0 Å². The highest BCUT2D eigenvalue weighted by Gasteiger charge is 2.46. The highest BCUT2D eigenvalue weighted by Crippen LogP contribution is 2.43. The lowest BCUT2D eigenvalue weighted by atomic mass is 9.94. The van der Waals surface area contributed by atoms with Crippen molar-refractivity contribution >= 4 is 29.1 Å². The number of ether oxygens (including phenoxy) is 2. The summed E-state index contributed by atoms with van der Waals surface area (Å²) in [5.41, 5.74) is 0.550. The zero-order valence-electron chi connectivity index (χ0n) is 19.7. The van der Waals surface area contributed by atoms with E-state index in [0.717, 1.165) is 13.1 Å². The van der Waals surface area contributed by atoms with E-state index in [1.165, 1.54) is 43.4 Å². The fourth-order valence-electron chi connectivity index (χ4n) is 4.13. The second-order valence-corrected chi connectivity index (χ2v) is 8.21. The summed E-state index contributed by atoms with van der Waals surface area (Å²) in [5.74, 6) is -1.42. The van der Waals surface area contributed by atoms with Crippen LogP contribution < -0.4 is 9.47 Å². The van der Waals surface area contributed by atoms with Crippen LogP contribution in [-0.2, 0) is 9.59 Å². The van der Waals surface area contributed by atoms with Crippen LogP contribution in [0.25, 0.3) is 5.76 Å². The minimum atomic E-state index is -0.895. The number of aliphatic hydroxyl groups excluding tert-OH is 1. The number of amides is 1. The second kappa shape index (κ2) is 10.8. The van der Waals surface area contributed by atoms with E-state index in [2.05, 4.69) is 4.90 Å². The molecule has 0 saturated carbocycles. The molecule has 9 heteroatoms. The Bertz CT molecular complexity index is 1110. The first-order valence-corrected chi connectivity index (χ1v) is 11.4. The molecule has 2 N–H and O–H groups in total. The van der Waals surface area contributed by atoms with Crippen LogP contribution in [0.15, 0.2) is 42.0 Å². The first-order chi connectivity index (χ1) is 16.3. The molecule has 3 rings (SSSR count). The molecule has 1 aliphatic heterocycles. The van der Waals surface area contributed by atoms with Gasteiger partial charge in [-0.15, -0.1) is 0 Å². The molecule has 0 bridgehead atoms. The predicted molar refractivity (Wildman–Crippen MR) is 129 cm³/mol. The van der Waals surface area contributed by atoms with Crippen LogP contribution >= 0.6 is 11.6 Å². The number of rotatable bonds is 9. The molecule has 182 valence electrons. The largest absolute Gasteiger partial charge is 0.508 e. The number of phenols is 1. The molecular weight excluding hydrogens is 460 g/mol. The van der Waals surface area contributed by atoms with Gasteiger partial charge in [0.2, 0.25) is 0 Å². The van der Waals surface area contributed by atoms with Crippen molar-refractivity contribution in [3.05, 3.63) is 58.1 Å². The fraction of sp³-hybridized carbons (Fsp3) is 0.360. The number of hydrogen-bond acceptors (Lipinski definition) is 7. The van der Waals surface area contributed by atoms with Crippen LogP contribution in [0.3, 0.4) is 0 Å². The Labute approximate surface area is 203 Å². The summed E-state index contributed by atoms with van der Waals surface area (Å²) >= 11 is 6.28. The summed E-state index contributed by atoms with van der Waals surface area (Å²) in [6, 6.07) is 8.33. The van der Waals surface area contributed by atoms with E-state index in [9.17, 15) is 19.8 Å². The van der Waals surface area contributed by atoms with Crippen LogP contribution in [-0.4, -0.2) is 72.1 Å². The van der Waals surface area contributed by atoms with Crippen molar-refractivity contribution in [3.63, 3.8) is 0 Å². The number of methoxy groups -OCH3 is 2. The molecule has 0 spiro atoms. The van der Waals surface area contributed by atoms with Crippen molar-refractivity contribution in [1.82, 2.24) is 9.80 Å². The van der Waals surface area contributed by atoms with E-state index in [-0.39, 0.29) is 34.2 Å². The highest BCUT2D eigenvalue weighted by molar-refractivity contribution is 6.46. The molecule has 8 nitrogen and oxygen atoms in total. The lowest BCUT2D eigenvalue weighted by Crippen LogP contribution is -2.38. The SMILES string of the molecule is CCN(CC)CCN1C(=O)C(=O)/C(=C(/O)c2cc(Cl)c(OC)cc2OC)C1c1cccc(O)c1. The van der Waals surface area contributed by atoms with Gasteiger partial charge in [-0.25, -0.2) is 0 Å². The highest BCUT2D eigenvalue weighted by atomic mass is 35.5. The molecule has 1 aliphatic rings. The van der Waals surface area contributed by atoms with Gasteiger partial charge in [0, 0.05) is 19.2 Å². The Morgan fingerprint density at radius 2 is 1.76 bits per heavy atom. The van der Waals surface area contributed by atoms with Gasteiger partial charge in [0.25, 0.3) is 11.7 Å². The summed E-state index contributed by atoms with van der Waals surface area (Å²) in [7, 11) is 2.86. The van der Waals surface area contributed by atoms with Crippen molar-refractivity contribution in [2.45, 2.75) is 19.9 Å². The van der Waals surface area contributed by atoms with Crippen LogP contribution in [0.4, 0.5) is 0 Å². The lowest BCUT2D eigenvalue weighted by Gasteiger charge is -2.28. The average Bonchev–Trinajstić information content (AvgIpc) is 3.09. The molecule has 2 aromatic rings. The van der Waals surface area contributed by atoms with Gasteiger partial charge in [0.15, 0.2) is 0 Å². The smallest absolute Gasteiger partial charge is 0.295 e. The van der Waals surface area contributed by atoms with Crippen molar-refractivity contribution < 1.29 is 29.3 Å². The third-order valence-electron chi connectivity index (χ3n) is 6.01. The topological polar surface area (TPSA) is 99.5 Å². The number of aromatic hydroxyl groups is 1. The van der Waals surface area contributed by atoms with Crippen LogP contribution in [0, 0.1) is 0 Å².